The van der Waals surface area contributed by atoms with E-state index in [2.05, 4.69) is 14.7 Å². The summed E-state index contributed by atoms with van der Waals surface area (Å²) in [4.78, 5) is 19.6. The first-order valence-corrected chi connectivity index (χ1v) is 5.50. The van der Waals surface area contributed by atoms with Gasteiger partial charge in [-0.05, 0) is 5.56 Å². The average molecular weight is 244 g/mol. The van der Waals surface area contributed by atoms with E-state index < -0.39 is 0 Å². The summed E-state index contributed by atoms with van der Waals surface area (Å²) in [6, 6.07) is 7.13. The van der Waals surface area contributed by atoms with Crippen LogP contribution in [0, 0.1) is 6.57 Å². The molecule has 1 aliphatic rings. The zero-order valence-corrected chi connectivity index (χ0v) is 9.92. The number of carbonyl (C=O) groups excluding carboxylic acids is 1. The summed E-state index contributed by atoms with van der Waals surface area (Å²) in [6.07, 6.45) is 0.517. The summed E-state index contributed by atoms with van der Waals surface area (Å²) < 4.78 is 4.58. The Morgan fingerprint density at radius 1 is 1.56 bits per heavy atom. The summed E-state index contributed by atoms with van der Waals surface area (Å²) in [5.41, 5.74) is 2.29. The van der Waals surface area contributed by atoms with E-state index in [1.807, 2.05) is 12.1 Å². The van der Waals surface area contributed by atoms with Crippen molar-refractivity contribution in [2.75, 3.05) is 7.11 Å². The van der Waals surface area contributed by atoms with Gasteiger partial charge in [-0.25, -0.2) is 4.85 Å². The fraction of sp³-hybridized carbons (Fsp3) is 0.308. The average Bonchev–Trinajstić information content (AvgIpc) is 2.87. The van der Waals surface area contributed by atoms with Crippen molar-refractivity contribution in [2.24, 2.45) is 5.16 Å². The highest BCUT2D eigenvalue weighted by Crippen LogP contribution is 2.21. The molecular weight excluding hydrogens is 232 g/mol. The van der Waals surface area contributed by atoms with E-state index in [1.165, 1.54) is 7.11 Å². The molecule has 0 saturated carbocycles. The Morgan fingerprint density at radius 3 is 2.89 bits per heavy atom. The monoisotopic (exact) mass is 244 g/mol. The van der Waals surface area contributed by atoms with Gasteiger partial charge in [-0.1, -0.05) is 29.4 Å². The lowest BCUT2D eigenvalue weighted by Crippen LogP contribution is -2.15. The summed E-state index contributed by atoms with van der Waals surface area (Å²) in [5.74, 6) is -0.306. The zero-order chi connectivity index (χ0) is 13.0. The van der Waals surface area contributed by atoms with Crippen LogP contribution in [0.3, 0.4) is 0 Å². The lowest BCUT2D eigenvalue weighted by Gasteiger charge is -2.05. The summed E-state index contributed by atoms with van der Waals surface area (Å²) in [5, 5.41) is 3.96. The molecule has 2 rings (SSSR count). The van der Waals surface area contributed by atoms with Crippen molar-refractivity contribution in [2.45, 2.75) is 18.9 Å². The van der Waals surface area contributed by atoms with Crippen molar-refractivity contribution in [3.8, 4) is 0 Å². The van der Waals surface area contributed by atoms with E-state index in [-0.39, 0.29) is 18.5 Å². The van der Waals surface area contributed by atoms with Crippen LogP contribution in [-0.4, -0.2) is 24.9 Å². The first-order chi connectivity index (χ1) is 8.72. The van der Waals surface area contributed by atoms with Crippen LogP contribution in [0.1, 0.15) is 18.4 Å². The molecule has 0 amide bonds. The van der Waals surface area contributed by atoms with Crippen molar-refractivity contribution in [3.05, 3.63) is 41.2 Å². The minimum atomic E-state index is -0.306. The summed E-state index contributed by atoms with van der Waals surface area (Å²) >= 11 is 0. The molecule has 1 atom stereocenters. The maximum atomic E-state index is 11.1. The maximum absolute atomic E-state index is 11.1. The Balaban J connectivity index is 1.99. The smallest absolute Gasteiger partial charge is 0.309 e. The lowest BCUT2D eigenvalue weighted by atomic mass is 10.0. The number of hydrogen-bond donors (Lipinski definition) is 0. The van der Waals surface area contributed by atoms with Gasteiger partial charge in [0.2, 0.25) is 0 Å². The van der Waals surface area contributed by atoms with E-state index in [1.54, 1.807) is 12.1 Å². The SMILES string of the molecule is [C-]#[N+]c1ccc(C2=NOC(CC(=O)OC)C2)cc1. The number of oxime groups is 1. The number of esters is 1. The molecule has 18 heavy (non-hydrogen) atoms. The van der Waals surface area contributed by atoms with Gasteiger partial charge in [0.05, 0.1) is 25.8 Å². The first kappa shape index (κ1) is 12.1. The number of hydrogen-bond acceptors (Lipinski definition) is 4. The third-order valence-corrected chi connectivity index (χ3v) is 2.68. The van der Waals surface area contributed by atoms with Gasteiger partial charge in [-0.3, -0.25) is 4.79 Å². The van der Waals surface area contributed by atoms with E-state index in [9.17, 15) is 4.79 Å². The molecule has 1 unspecified atom stereocenters. The van der Waals surface area contributed by atoms with Crippen molar-refractivity contribution in [3.63, 3.8) is 0 Å². The zero-order valence-electron chi connectivity index (χ0n) is 9.92. The molecular formula is C13H12N2O3. The van der Waals surface area contributed by atoms with E-state index in [0.717, 1.165) is 11.3 Å². The van der Waals surface area contributed by atoms with Crippen LogP contribution in [0.15, 0.2) is 29.4 Å². The van der Waals surface area contributed by atoms with Crippen LogP contribution in [0.5, 0.6) is 0 Å². The topological polar surface area (TPSA) is 52.2 Å². The van der Waals surface area contributed by atoms with Crippen molar-refractivity contribution >= 4 is 17.4 Å². The number of ether oxygens (including phenoxy) is 1. The Bertz CT molecular complexity index is 514. The van der Waals surface area contributed by atoms with Gasteiger partial charge in [0.25, 0.3) is 0 Å². The van der Waals surface area contributed by atoms with Gasteiger partial charge < -0.3 is 9.57 Å². The first-order valence-electron chi connectivity index (χ1n) is 5.50. The van der Waals surface area contributed by atoms with Gasteiger partial charge >= 0.3 is 5.97 Å². The number of methoxy groups -OCH3 is 1. The fourth-order valence-corrected chi connectivity index (χ4v) is 1.71. The van der Waals surface area contributed by atoms with Gasteiger partial charge in [0.15, 0.2) is 5.69 Å². The van der Waals surface area contributed by atoms with Crippen LogP contribution < -0.4 is 0 Å². The molecule has 92 valence electrons. The quantitative estimate of drug-likeness (QED) is 0.605. The third kappa shape index (κ3) is 2.66. The molecule has 0 radical (unpaired) electrons. The Hall–Kier alpha value is -2.35. The molecule has 1 aromatic carbocycles. The number of carbonyl (C=O) groups is 1. The second-order valence-electron chi connectivity index (χ2n) is 3.91. The lowest BCUT2D eigenvalue weighted by molar-refractivity contribution is -0.143. The highest BCUT2D eigenvalue weighted by molar-refractivity contribution is 6.01. The molecule has 0 N–H and O–H groups in total. The Labute approximate surface area is 105 Å². The maximum Gasteiger partial charge on any atom is 0.309 e. The molecule has 0 saturated heterocycles. The minimum Gasteiger partial charge on any atom is -0.469 e. The molecule has 5 heteroatoms. The van der Waals surface area contributed by atoms with Crippen LogP contribution in [0.2, 0.25) is 0 Å². The van der Waals surface area contributed by atoms with E-state index in [4.69, 9.17) is 11.4 Å². The second-order valence-corrected chi connectivity index (χ2v) is 3.91. The van der Waals surface area contributed by atoms with Gasteiger partial charge in [-0.15, -0.1) is 0 Å². The summed E-state index contributed by atoms with van der Waals surface area (Å²) in [7, 11) is 1.35. The normalized spacial score (nSPS) is 17.6. The molecule has 0 spiro atoms. The standard InChI is InChI=1S/C13H12N2O3/c1-14-10-5-3-9(4-6-10)12-7-11(18-15-12)8-13(16)17-2/h3-6,11H,7-8H2,2H3. The van der Waals surface area contributed by atoms with Crippen molar-refractivity contribution in [1.29, 1.82) is 0 Å². The number of nitrogens with zero attached hydrogens (tertiary/aromatic N) is 2. The molecule has 1 aliphatic heterocycles. The number of rotatable bonds is 3. The largest absolute Gasteiger partial charge is 0.469 e. The Kier molecular flexibility index (Phi) is 3.58. The molecule has 0 aromatic heterocycles. The Morgan fingerprint density at radius 2 is 2.28 bits per heavy atom. The van der Waals surface area contributed by atoms with Gasteiger partial charge in [0.1, 0.15) is 6.10 Å². The number of benzene rings is 1. The third-order valence-electron chi connectivity index (χ3n) is 2.68. The van der Waals surface area contributed by atoms with Crippen LogP contribution in [0.25, 0.3) is 4.85 Å². The predicted molar refractivity (Wildman–Crippen MR) is 65.4 cm³/mol. The molecule has 5 nitrogen and oxygen atoms in total. The van der Waals surface area contributed by atoms with Crippen LogP contribution in [0.4, 0.5) is 5.69 Å². The van der Waals surface area contributed by atoms with Crippen LogP contribution in [-0.2, 0) is 14.4 Å². The molecule has 1 heterocycles. The summed E-state index contributed by atoms with van der Waals surface area (Å²) in [6.45, 7) is 6.87. The van der Waals surface area contributed by atoms with Gasteiger partial charge in [0, 0.05) is 6.42 Å². The highest BCUT2D eigenvalue weighted by atomic mass is 16.6. The van der Waals surface area contributed by atoms with Gasteiger partial charge in [-0.2, -0.15) is 0 Å². The van der Waals surface area contributed by atoms with Crippen molar-refractivity contribution < 1.29 is 14.4 Å². The van der Waals surface area contributed by atoms with E-state index >= 15 is 0 Å². The second kappa shape index (κ2) is 5.32. The molecule has 0 bridgehead atoms. The van der Waals surface area contributed by atoms with Crippen molar-refractivity contribution in [1.82, 2.24) is 0 Å². The molecule has 0 aliphatic carbocycles. The van der Waals surface area contributed by atoms with Crippen LogP contribution >= 0.6 is 0 Å². The molecule has 0 fully saturated rings. The molecule has 1 aromatic rings. The highest BCUT2D eigenvalue weighted by Gasteiger charge is 2.24. The predicted octanol–water partition coefficient (Wildman–Crippen LogP) is 2.29. The van der Waals surface area contributed by atoms with E-state index in [0.29, 0.717) is 12.1 Å². The fourth-order valence-electron chi connectivity index (χ4n) is 1.71. The minimum absolute atomic E-state index is 0.198.